The number of carbonyl (C=O) groups is 1. The topological polar surface area (TPSA) is 96.3 Å². The average Bonchev–Trinajstić information content (AvgIpc) is 2.80. The maximum absolute atomic E-state index is 12.4. The summed E-state index contributed by atoms with van der Waals surface area (Å²) in [6.45, 7) is 12.9. The van der Waals surface area contributed by atoms with Gasteiger partial charge in [-0.1, -0.05) is 86.5 Å². The SMILES string of the molecule is CC(C)(C)OC(=O)NC1CCC(CO[Si](c2ccccc2)(c2ccccc2)C(C)(C)C)CC1N=[N+]=[N-]. The maximum atomic E-state index is 12.4. The molecule has 36 heavy (non-hydrogen) atoms. The molecule has 3 unspecified atom stereocenters. The minimum Gasteiger partial charge on any atom is -0.444 e. The first-order valence-electron chi connectivity index (χ1n) is 12.7. The molecule has 0 aromatic heterocycles. The zero-order valence-corrected chi connectivity index (χ0v) is 23.4. The van der Waals surface area contributed by atoms with Crippen molar-refractivity contribution in [2.45, 2.75) is 83.5 Å². The van der Waals surface area contributed by atoms with Crippen LogP contribution in [0.25, 0.3) is 10.4 Å². The van der Waals surface area contributed by atoms with Crippen molar-refractivity contribution in [2.24, 2.45) is 11.0 Å². The maximum Gasteiger partial charge on any atom is 0.407 e. The van der Waals surface area contributed by atoms with Crippen molar-refractivity contribution in [2.75, 3.05) is 6.61 Å². The molecule has 1 aliphatic carbocycles. The number of nitrogens with zero attached hydrogens (tertiary/aromatic N) is 3. The Balaban J connectivity index is 1.82. The van der Waals surface area contributed by atoms with Crippen LogP contribution in [0.5, 0.6) is 0 Å². The lowest BCUT2D eigenvalue weighted by Gasteiger charge is -2.44. The summed E-state index contributed by atoms with van der Waals surface area (Å²) in [5.74, 6) is 0.221. The number of alkyl carbamates (subject to hydrolysis) is 1. The smallest absolute Gasteiger partial charge is 0.407 e. The number of benzene rings is 2. The summed E-state index contributed by atoms with van der Waals surface area (Å²) >= 11 is 0. The van der Waals surface area contributed by atoms with Crippen LogP contribution in [0.15, 0.2) is 65.8 Å². The van der Waals surface area contributed by atoms with E-state index in [4.69, 9.17) is 9.16 Å². The fraction of sp³-hybridized carbons (Fsp3) is 0.536. The van der Waals surface area contributed by atoms with E-state index in [1.807, 2.05) is 32.9 Å². The molecule has 3 rings (SSSR count). The summed E-state index contributed by atoms with van der Waals surface area (Å²) in [5, 5.41) is 9.35. The van der Waals surface area contributed by atoms with Crippen LogP contribution in [0.4, 0.5) is 4.79 Å². The molecule has 8 heteroatoms. The van der Waals surface area contributed by atoms with Gasteiger partial charge in [-0.3, -0.25) is 0 Å². The third-order valence-electron chi connectivity index (χ3n) is 6.78. The zero-order chi connectivity index (χ0) is 26.4. The molecule has 1 aliphatic rings. The number of rotatable bonds is 7. The zero-order valence-electron chi connectivity index (χ0n) is 22.4. The summed E-state index contributed by atoms with van der Waals surface area (Å²) < 4.78 is 12.5. The molecule has 7 nitrogen and oxygen atoms in total. The van der Waals surface area contributed by atoms with Crippen molar-refractivity contribution in [3.8, 4) is 0 Å². The average molecular weight is 509 g/mol. The lowest BCUT2D eigenvalue weighted by molar-refractivity contribution is 0.0472. The molecule has 0 aliphatic heterocycles. The Morgan fingerprint density at radius 2 is 1.56 bits per heavy atom. The lowest BCUT2D eigenvalue weighted by Crippen LogP contribution is -2.67. The number of amides is 1. The van der Waals surface area contributed by atoms with Crippen LogP contribution in [0, 0.1) is 5.92 Å². The van der Waals surface area contributed by atoms with E-state index in [0.29, 0.717) is 19.4 Å². The van der Waals surface area contributed by atoms with E-state index in [1.54, 1.807) is 0 Å². The van der Waals surface area contributed by atoms with Crippen molar-refractivity contribution < 1.29 is 14.0 Å². The normalized spacial score (nSPS) is 20.8. The number of azide groups is 1. The van der Waals surface area contributed by atoms with Gasteiger partial charge in [-0.15, -0.1) is 0 Å². The molecule has 1 N–H and O–H groups in total. The van der Waals surface area contributed by atoms with Crippen LogP contribution in [-0.2, 0) is 9.16 Å². The molecule has 0 spiro atoms. The van der Waals surface area contributed by atoms with E-state index in [-0.39, 0.29) is 23.0 Å². The molecular weight excluding hydrogens is 468 g/mol. The number of hydrogen-bond donors (Lipinski definition) is 1. The second-order valence-corrected chi connectivity index (χ2v) is 16.0. The summed E-state index contributed by atoms with van der Waals surface area (Å²) in [7, 11) is -2.64. The predicted molar refractivity (Wildman–Crippen MR) is 147 cm³/mol. The molecule has 0 bridgehead atoms. The van der Waals surface area contributed by atoms with Crippen molar-refractivity contribution in [3.63, 3.8) is 0 Å². The van der Waals surface area contributed by atoms with Gasteiger partial charge in [0.05, 0.1) is 6.04 Å². The number of hydrogen-bond acceptors (Lipinski definition) is 4. The van der Waals surface area contributed by atoms with Crippen LogP contribution in [0.3, 0.4) is 0 Å². The summed E-state index contributed by atoms with van der Waals surface area (Å²) in [4.78, 5) is 15.4. The van der Waals surface area contributed by atoms with Gasteiger partial charge in [-0.25, -0.2) is 4.79 Å². The van der Waals surface area contributed by atoms with E-state index in [1.165, 1.54) is 10.4 Å². The van der Waals surface area contributed by atoms with Gasteiger partial charge in [0.1, 0.15) is 5.60 Å². The largest absolute Gasteiger partial charge is 0.444 e. The Morgan fingerprint density at radius 3 is 2.03 bits per heavy atom. The molecule has 2 aromatic carbocycles. The van der Waals surface area contributed by atoms with Crippen LogP contribution in [0.1, 0.15) is 60.8 Å². The Kier molecular flexibility index (Phi) is 8.87. The van der Waals surface area contributed by atoms with Gasteiger partial charge in [0.2, 0.25) is 0 Å². The first kappa shape index (κ1) is 27.8. The molecule has 194 valence electrons. The first-order valence-corrected chi connectivity index (χ1v) is 14.7. The second kappa shape index (κ2) is 11.5. The Labute approximate surface area is 216 Å². The van der Waals surface area contributed by atoms with Crippen molar-refractivity contribution >= 4 is 24.8 Å². The van der Waals surface area contributed by atoms with E-state index in [0.717, 1.165) is 6.42 Å². The molecular formula is C28H40N4O3Si. The number of carbonyl (C=O) groups excluding carboxylic acids is 1. The van der Waals surface area contributed by atoms with Gasteiger partial charge in [-0.05, 0) is 66.9 Å². The predicted octanol–water partition coefficient (Wildman–Crippen LogP) is 5.94. The summed E-state index contributed by atoms with van der Waals surface area (Å²) in [6, 6.07) is 20.6. The van der Waals surface area contributed by atoms with Gasteiger partial charge in [0.25, 0.3) is 8.32 Å². The quantitative estimate of drug-likeness (QED) is 0.217. The molecule has 0 saturated heterocycles. The highest BCUT2D eigenvalue weighted by atomic mass is 28.4. The lowest BCUT2D eigenvalue weighted by atomic mass is 9.83. The van der Waals surface area contributed by atoms with E-state index < -0.39 is 20.0 Å². The van der Waals surface area contributed by atoms with Gasteiger partial charge in [0, 0.05) is 17.6 Å². The van der Waals surface area contributed by atoms with Crippen LogP contribution >= 0.6 is 0 Å². The molecule has 0 heterocycles. The van der Waals surface area contributed by atoms with Gasteiger partial charge in [0.15, 0.2) is 0 Å². The summed E-state index contributed by atoms with van der Waals surface area (Å²) in [5.41, 5.74) is 8.61. The highest BCUT2D eigenvalue weighted by Gasteiger charge is 2.50. The Bertz CT molecular complexity index is 1000. The third kappa shape index (κ3) is 6.69. The minimum absolute atomic E-state index is 0.102. The second-order valence-electron chi connectivity index (χ2n) is 11.7. The molecule has 1 saturated carbocycles. The third-order valence-corrected chi connectivity index (χ3v) is 11.8. The van der Waals surface area contributed by atoms with Crippen molar-refractivity contribution in [3.05, 3.63) is 71.1 Å². The van der Waals surface area contributed by atoms with Crippen molar-refractivity contribution in [1.29, 1.82) is 0 Å². The van der Waals surface area contributed by atoms with Crippen LogP contribution in [-0.4, -0.2) is 38.7 Å². The van der Waals surface area contributed by atoms with Gasteiger partial charge in [-0.2, -0.15) is 0 Å². The molecule has 1 fully saturated rings. The van der Waals surface area contributed by atoms with Crippen molar-refractivity contribution in [1.82, 2.24) is 5.32 Å². The standard InChI is InChI=1S/C28H40N4O3Si/c1-27(2,3)35-26(33)30-24-18-17-21(19-25(24)31-32-29)20-34-36(28(4,5)6,22-13-9-7-10-14-22)23-15-11-8-12-16-23/h7-16,21,24-25H,17-20H2,1-6H3,(H,30,33). The molecule has 3 atom stereocenters. The number of ether oxygens (including phenoxy) is 1. The minimum atomic E-state index is -2.64. The van der Waals surface area contributed by atoms with Crippen LogP contribution < -0.4 is 15.7 Å². The first-order chi connectivity index (χ1) is 17.0. The van der Waals surface area contributed by atoms with E-state index in [2.05, 4.69) is 84.6 Å². The van der Waals surface area contributed by atoms with Gasteiger partial charge >= 0.3 is 6.09 Å². The monoisotopic (exact) mass is 508 g/mol. The van der Waals surface area contributed by atoms with Crippen LogP contribution in [0.2, 0.25) is 5.04 Å². The molecule has 0 radical (unpaired) electrons. The molecule has 1 amide bonds. The summed E-state index contributed by atoms with van der Waals surface area (Å²) in [6.07, 6.45) is 1.75. The van der Waals surface area contributed by atoms with Gasteiger partial charge < -0.3 is 14.5 Å². The fourth-order valence-electron chi connectivity index (χ4n) is 5.21. The van der Waals surface area contributed by atoms with E-state index >= 15 is 0 Å². The highest BCUT2D eigenvalue weighted by Crippen LogP contribution is 2.38. The molecule has 2 aromatic rings. The fourth-order valence-corrected chi connectivity index (χ4v) is 9.85. The Hall–Kier alpha value is -2.80. The highest BCUT2D eigenvalue weighted by molar-refractivity contribution is 6.99. The number of nitrogens with one attached hydrogen (secondary N) is 1. The van der Waals surface area contributed by atoms with E-state index in [9.17, 15) is 10.3 Å². The Morgan fingerprint density at radius 1 is 1.00 bits per heavy atom.